The van der Waals surface area contributed by atoms with Gasteiger partial charge in [0.05, 0.1) is 10.6 Å². The van der Waals surface area contributed by atoms with E-state index < -0.39 is 5.54 Å². The van der Waals surface area contributed by atoms with Gasteiger partial charge in [0.25, 0.3) is 5.89 Å². The summed E-state index contributed by atoms with van der Waals surface area (Å²) in [6.07, 6.45) is 3.62. The number of ether oxygens (including phenoxy) is 1. The van der Waals surface area contributed by atoms with E-state index in [9.17, 15) is 0 Å². The molecule has 0 spiro atoms. The third-order valence-corrected chi connectivity index (χ3v) is 4.18. The molecule has 1 aliphatic rings. The highest BCUT2D eigenvalue weighted by Gasteiger charge is 2.36. The molecule has 1 atom stereocenters. The number of rotatable bonds is 4. The van der Waals surface area contributed by atoms with Gasteiger partial charge in [0.1, 0.15) is 5.75 Å². The van der Waals surface area contributed by atoms with E-state index in [2.05, 4.69) is 10.1 Å². The van der Waals surface area contributed by atoms with Crippen molar-refractivity contribution in [3.8, 4) is 5.75 Å². The summed E-state index contributed by atoms with van der Waals surface area (Å²) < 4.78 is 11.1. The lowest BCUT2D eigenvalue weighted by Crippen LogP contribution is -2.34. The fourth-order valence-electron chi connectivity index (χ4n) is 2.61. The average molecular weight is 308 g/mol. The predicted molar refractivity (Wildman–Crippen MR) is 79.1 cm³/mol. The third-order valence-electron chi connectivity index (χ3n) is 3.87. The Bertz CT molecular complexity index is 623. The van der Waals surface area contributed by atoms with E-state index in [1.807, 2.05) is 19.1 Å². The number of para-hydroxylation sites is 1. The molecule has 1 aromatic carbocycles. The van der Waals surface area contributed by atoms with Gasteiger partial charge < -0.3 is 15.0 Å². The van der Waals surface area contributed by atoms with Gasteiger partial charge in [0.2, 0.25) is 0 Å². The van der Waals surface area contributed by atoms with Crippen LogP contribution >= 0.6 is 11.6 Å². The van der Waals surface area contributed by atoms with Crippen LogP contribution in [0.3, 0.4) is 0 Å². The minimum Gasteiger partial charge on any atom is -0.479 e. The standard InChI is InChI=1S/C15H18ClN3O2/c1-10(20-12-7-3-2-6-11(12)16)13-18-14(19-21-13)15(17)8-4-5-9-15/h2-3,6-7,10H,4-5,8-9,17H2,1H3. The van der Waals surface area contributed by atoms with Crippen molar-refractivity contribution in [2.45, 2.75) is 44.2 Å². The number of nitrogens with two attached hydrogens (primary N) is 1. The maximum absolute atomic E-state index is 6.32. The summed E-state index contributed by atoms with van der Waals surface area (Å²) in [5.74, 6) is 1.58. The Hall–Kier alpha value is -1.59. The van der Waals surface area contributed by atoms with Crippen molar-refractivity contribution < 1.29 is 9.26 Å². The van der Waals surface area contributed by atoms with Gasteiger partial charge in [-0.05, 0) is 31.9 Å². The molecule has 1 aromatic heterocycles. The molecular weight excluding hydrogens is 290 g/mol. The van der Waals surface area contributed by atoms with Crippen LogP contribution in [0.15, 0.2) is 28.8 Å². The van der Waals surface area contributed by atoms with Crippen LogP contribution in [0, 0.1) is 0 Å². The Morgan fingerprint density at radius 2 is 2.05 bits per heavy atom. The summed E-state index contributed by atoms with van der Waals surface area (Å²) in [6, 6.07) is 7.29. The second kappa shape index (κ2) is 5.66. The van der Waals surface area contributed by atoms with Gasteiger partial charge in [-0.2, -0.15) is 4.98 Å². The molecule has 0 saturated heterocycles. The van der Waals surface area contributed by atoms with Crippen molar-refractivity contribution >= 4 is 11.6 Å². The second-order valence-corrected chi connectivity index (χ2v) is 5.92. The molecule has 1 saturated carbocycles. The van der Waals surface area contributed by atoms with Crippen LogP contribution in [0.5, 0.6) is 5.75 Å². The van der Waals surface area contributed by atoms with Crippen molar-refractivity contribution in [1.29, 1.82) is 0 Å². The molecule has 112 valence electrons. The fraction of sp³-hybridized carbons (Fsp3) is 0.467. The molecule has 1 fully saturated rings. The monoisotopic (exact) mass is 307 g/mol. The maximum atomic E-state index is 6.32. The Morgan fingerprint density at radius 3 is 2.76 bits per heavy atom. The number of hydrogen-bond donors (Lipinski definition) is 1. The van der Waals surface area contributed by atoms with Crippen molar-refractivity contribution in [3.63, 3.8) is 0 Å². The van der Waals surface area contributed by atoms with Gasteiger partial charge in [0.15, 0.2) is 11.9 Å². The van der Waals surface area contributed by atoms with Gasteiger partial charge in [0, 0.05) is 0 Å². The van der Waals surface area contributed by atoms with Gasteiger partial charge in [-0.3, -0.25) is 0 Å². The Morgan fingerprint density at radius 1 is 1.33 bits per heavy atom. The van der Waals surface area contributed by atoms with E-state index in [-0.39, 0.29) is 6.10 Å². The Balaban J connectivity index is 1.75. The molecule has 1 aliphatic carbocycles. The minimum atomic E-state index is -0.453. The van der Waals surface area contributed by atoms with Gasteiger partial charge in [-0.1, -0.05) is 41.7 Å². The number of aromatic nitrogens is 2. The van der Waals surface area contributed by atoms with Crippen LogP contribution in [0.1, 0.15) is 50.4 Å². The first-order chi connectivity index (χ1) is 10.1. The number of nitrogens with zero attached hydrogens (tertiary/aromatic N) is 2. The molecule has 0 bridgehead atoms. The van der Waals surface area contributed by atoms with Crippen molar-refractivity contribution in [2.75, 3.05) is 0 Å². The Labute approximate surface area is 128 Å². The quantitative estimate of drug-likeness (QED) is 0.934. The third kappa shape index (κ3) is 2.89. The van der Waals surface area contributed by atoms with E-state index >= 15 is 0 Å². The number of hydrogen-bond acceptors (Lipinski definition) is 5. The van der Waals surface area contributed by atoms with E-state index in [1.165, 1.54) is 0 Å². The lowest BCUT2D eigenvalue weighted by atomic mass is 9.99. The maximum Gasteiger partial charge on any atom is 0.267 e. The summed E-state index contributed by atoms with van der Waals surface area (Å²) in [6.45, 7) is 1.85. The van der Waals surface area contributed by atoms with E-state index in [0.29, 0.717) is 22.5 Å². The predicted octanol–water partition coefficient (Wildman–Crippen LogP) is 3.59. The molecule has 21 heavy (non-hydrogen) atoms. The molecule has 3 rings (SSSR count). The van der Waals surface area contributed by atoms with Crippen LogP contribution in [0.25, 0.3) is 0 Å². The van der Waals surface area contributed by atoms with Crippen LogP contribution in [-0.2, 0) is 5.54 Å². The van der Waals surface area contributed by atoms with Gasteiger partial charge >= 0.3 is 0 Å². The number of benzene rings is 1. The van der Waals surface area contributed by atoms with Crippen LogP contribution in [-0.4, -0.2) is 10.1 Å². The summed E-state index contributed by atoms with van der Waals surface area (Å²) in [4.78, 5) is 4.42. The molecular formula is C15H18ClN3O2. The lowest BCUT2D eigenvalue weighted by Gasteiger charge is -2.18. The highest BCUT2D eigenvalue weighted by molar-refractivity contribution is 6.32. The lowest BCUT2D eigenvalue weighted by molar-refractivity contribution is 0.175. The molecule has 0 amide bonds. The highest BCUT2D eigenvalue weighted by atomic mass is 35.5. The molecule has 6 heteroatoms. The zero-order valence-corrected chi connectivity index (χ0v) is 12.6. The summed E-state index contributed by atoms with van der Waals surface area (Å²) >= 11 is 6.08. The largest absolute Gasteiger partial charge is 0.479 e. The normalized spacial score (nSPS) is 18.6. The molecule has 1 heterocycles. The topological polar surface area (TPSA) is 74.2 Å². The summed E-state index contributed by atoms with van der Waals surface area (Å²) in [5, 5.41) is 4.58. The van der Waals surface area contributed by atoms with Crippen LogP contribution in [0.4, 0.5) is 0 Å². The van der Waals surface area contributed by atoms with Crippen molar-refractivity contribution in [2.24, 2.45) is 5.73 Å². The molecule has 2 N–H and O–H groups in total. The molecule has 1 unspecified atom stereocenters. The van der Waals surface area contributed by atoms with Gasteiger partial charge in [-0.15, -0.1) is 0 Å². The van der Waals surface area contributed by atoms with Gasteiger partial charge in [-0.25, -0.2) is 0 Å². The first-order valence-corrected chi connectivity index (χ1v) is 7.50. The molecule has 0 aliphatic heterocycles. The fourth-order valence-corrected chi connectivity index (χ4v) is 2.79. The van der Waals surface area contributed by atoms with Crippen molar-refractivity contribution in [3.05, 3.63) is 41.0 Å². The smallest absolute Gasteiger partial charge is 0.267 e. The Kier molecular flexibility index (Phi) is 3.87. The molecule has 0 radical (unpaired) electrons. The van der Waals surface area contributed by atoms with E-state index in [0.717, 1.165) is 25.7 Å². The van der Waals surface area contributed by atoms with Crippen molar-refractivity contribution in [1.82, 2.24) is 10.1 Å². The summed E-state index contributed by atoms with van der Waals surface area (Å²) in [5.41, 5.74) is 5.87. The highest BCUT2D eigenvalue weighted by Crippen LogP contribution is 2.35. The molecule has 2 aromatic rings. The zero-order valence-electron chi connectivity index (χ0n) is 11.9. The SMILES string of the molecule is CC(Oc1ccccc1Cl)c1nc(C2(N)CCCC2)no1. The second-order valence-electron chi connectivity index (χ2n) is 5.51. The van der Waals surface area contributed by atoms with E-state index in [1.54, 1.807) is 12.1 Å². The number of halogens is 1. The van der Waals surface area contributed by atoms with E-state index in [4.69, 9.17) is 26.6 Å². The average Bonchev–Trinajstić information content (AvgIpc) is 3.11. The summed E-state index contributed by atoms with van der Waals surface area (Å²) in [7, 11) is 0. The zero-order chi connectivity index (χ0) is 14.9. The first kappa shape index (κ1) is 14.4. The van der Waals surface area contributed by atoms with Crippen LogP contribution < -0.4 is 10.5 Å². The first-order valence-electron chi connectivity index (χ1n) is 7.13. The van der Waals surface area contributed by atoms with Crippen LogP contribution in [0.2, 0.25) is 5.02 Å². The minimum absolute atomic E-state index is 0.379. The molecule has 5 nitrogen and oxygen atoms in total.